The Hall–Kier alpha value is -1.19. The number of phenolic OH excluding ortho intramolecular Hbond substituents is 1. The average molecular weight is 590 g/mol. The van der Waals surface area contributed by atoms with Gasteiger partial charge in [-0.15, -0.1) is 10.2 Å². The fourth-order valence-electron chi connectivity index (χ4n) is 3.14. The van der Waals surface area contributed by atoms with E-state index in [1.807, 2.05) is 19.1 Å². The lowest BCUT2D eigenvalue weighted by atomic mass is 10.00. The number of phenols is 1. The first kappa shape index (κ1) is 20.5. The van der Waals surface area contributed by atoms with Gasteiger partial charge in [0.1, 0.15) is 5.75 Å². The zero-order valence-corrected chi connectivity index (χ0v) is 19.4. The molecular formula is C19H20I2N4O2. The SMILES string of the molecule is Cc1cc(C(C)(I)I)cc(O)c1-c1ccc(N2CCO[C@H](CC#N)C2)nn1. The smallest absolute Gasteiger partial charge is 0.151 e. The number of nitrogens with zero attached hydrogens (tertiary/aromatic N) is 4. The van der Waals surface area contributed by atoms with Crippen LogP contribution in [0.2, 0.25) is 0 Å². The molecule has 0 amide bonds. The van der Waals surface area contributed by atoms with Gasteiger partial charge in [0.2, 0.25) is 0 Å². The Morgan fingerprint density at radius 1 is 1.37 bits per heavy atom. The first-order valence-electron chi connectivity index (χ1n) is 8.59. The third-order valence-corrected chi connectivity index (χ3v) is 5.76. The highest BCUT2D eigenvalue weighted by molar-refractivity contribution is 14.2. The second-order valence-electron chi connectivity index (χ2n) is 6.65. The Morgan fingerprint density at radius 2 is 2.15 bits per heavy atom. The van der Waals surface area contributed by atoms with Crippen molar-refractivity contribution in [2.24, 2.45) is 0 Å². The molecule has 0 aliphatic carbocycles. The Balaban J connectivity index is 1.85. The van der Waals surface area contributed by atoms with Crippen LogP contribution in [-0.2, 0) is 6.17 Å². The molecule has 1 aromatic heterocycles. The standard InChI is InChI=1S/C19H20I2N4O2/c1-12-9-13(19(2,20)21)10-16(26)18(12)15-3-4-17(24-23-15)25-7-8-27-14(11-25)5-6-22/h3-4,9-10,14,26H,5,7-8,11H2,1-2H3/t14-/m1/s1. The van der Waals surface area contributed by atoms with Crippen molar-refractivity contribution in [1.29, 1.82) is 5.26 Å². The number of alkyl halides is 2. The van der Waals surface area contributed by atoms with Crippen LogP contribution in [0.1, 0.15) is 24.5 Å². The summed E-state index contributed by atoms with van der Waals surface area (Å²) in [5, 5.41) is 28.1. The number of anilines is 1. The normalized spacial score (nSPS) is 17.6. The molecule has 1 aliphatic rings. The van der Waals surface area contributed by atoms with Crippen LogP contribution in [-0.4, -0.2) is 41.1 Å². The van der Waals surface area contributed by atoms with E-state index in [-0.39, 0.29) is 13.3 Å². The van der Waals surface area contributed by atoms with Crippen LogP contribution >= 0.6 is 45.2 Å². The molecule has 1 saturated heterocycles. The van der Waals surface area contributed by atoms with Crippen molar-refractivity contribution in [2.75, 3.05) is 24.6 Å². The summed E-state index contributed by atoms with van der Waals surface area (Å²) in [5.41, 5.74) is 3.38. The van der Waals surface area contributed by atoms with Crippen LogP contribution in [0.15, 0.2) is 24.3 Å². The molecule has 142 valence electrons. The molecule has 1 N–H and O–H groups in total. The molecule has 1 aliphatic heterocycles. The summed E-state index contributed by atoms with van der Waals surface area (Å²) >= 11 is 4.70. The van der Waals surface area contributed by atoms with Gasteiger partial charge in [-0.25, -0.2) is 0 Å². The number of aryl methyl sites for hydroxylation is 1. The van der Waals surface area contributed by atoms with E-state index in [1.54, 1.807) is 6.07 Å². The van der Waals surface area contributed by atoms with Crippen LogP contribution in [0.4, 0.5) is 5.82 Å². The van der Waals surface area contributed by atoms with E-state index in [0.717, 1.165) is 23.5 Å². The van der Waals surface area contributed by atoms with Crippen LogP contribution in [0, 0.1) is 18.3 Å². The summed E-state index contributed by atoms with van der Waals surface area (Å²) in [6, 6.07) is 9.82. The number of halogens is 2. The van der Waals surface area contributed by atoms with Gasteiger partial charge in [0, 0.05) is 18.7 Å². The fraction of sp³-hybridized carbons (Fsp3) is 0.421. The van der Waals surface area contributed by atoms with Crippen molar-refractivity contribution in [3.63, 3.8) is 0 Å². The van der Waals surface area contributed by atoms with Gasteiger partial charge in [-0.05, 0) is 43.2 Å². The maximum absolute atomic E-state index is 10.6. The second-order valence-corrected chi connectivity index (χ2v) is 13.0. The number of morpholine rings is 1. The van der Waals surface area contributed by atoms with Gasteiger partial charge in [-0.1, -0.05) is 51.2 Å². The molecule has 0 unspecified atom stereocenters. The number of ether oxygens (including phenoxy) is 1. The van der Waals surface area contributed by atoms with E-state index in [9.17, 15) is 5.11 Å². The van der Waals surface area contributed by atoms with E-state index in [0.29, 0.717) is 30.8 Å². The van der Waals surface area contributed by atoms with Gasteiger partial charge in [0.05, 0.1) is 32.3 Å². The first-order chi connectivity index (χ1) is 12.8. The molecular weight excluding hydrogens is 570 g/mol. The number of aromatic nitrogens is 2. The molecule has 27 heavy (non-hydrogen) atoms. The number of hydrogen-bond donors (Lipinski definition) is 1. The Bertz CT molecular complexity index is 836. The Kier molecular flexibility index (Phi) is 6.43. The topological polar surface area (TPSA) is 82.3 Å². The minimum absolute atomic E-state index is 0.0951. The summed E-state index contributed by atoms with van der Waals surface area (Å²) < 4.78 is 5.49. The molecule has 2 heterocycles. The number of aromatic hydroxyl groups is 1. The molecule has 0 bridgehead atoms. The van der Waals surface area contributed by atoms with Gasteiger partial charge in [0.25, 0.3) is 0 Å². The molecule has 3 rings (SSSR count). The van der Waals surface area contributed by atoms with Gasteiger partial charge in [0.15, 0.2) is 5.82 Å². The van der Waals surface area contributed by atoms with Gasteiger partial charge in [-0.2, -0.15) is 5.26 Å². The van der Waals surface area contributed by atoms with Crippen molar-refractivity contribution in [1.82, 2.24) is 10.2 Å². The van der Waals surface area contributed by atoms with Crippen molar-refractivity contribution >= 4 is 51.0 Å². The lowest BCUT2D eigenvalue weighted by molar-refractivity contribution is 0.0435. The molecule has 1 atom stereocenters. The summed E-state index contributed by atoms with van der Waals surface area (Å²) in [6.45, 7) is 5.99. The summed E-state index contributed by atoms with van der Waals surface area (Å²) in [5.74, 6) is 0.970. The number of nitriles is 1. The van der Waals surface area contributed by atoms with Crippen LogP contribution in [0.5, 0.6) is 5.75 Å². The molecule has 8 heteroatoms. The lowest BCUT2D eigenvalue weighted by Crippen LogP contribution is -2.42. The Labute approximate surface area is 186 Å². The first-order valence-corrected chi connectivity index (χ1v) is 10.7. The molecule has 0 radical (unpaired) electrons. The predicted octanol–water partition coefficient (Wildman–Crippen LogP) is 4.32. The minimum Gasteiger partial charge on any atom is -0.507 e. The average Bonchev–Trinajstić information content (AvgIpc) is 2.61. The number of rotatable bonds is 4. The third-order valence-electron chi connectivity index (χ3n) is 4.51. The highest BCUT2D eigenvalue weighted by Crippen LogP contribution is 2.43. The van der Waals surface area contributed by atoms with Crippen molar-refractivity contribution in [3.05, 3.63) is 35.4 Å². The minimum atomic E-state index is -0.0973. The molecule has 2 aromatic rings. The zero-order chi connectivity index (χ0) is 19.6. The van der Waals surface area contributed by atoms with E-state index in [2.05, 4.69) is 79.3 Å². The predicted molar refractivity (Wildman–Crippen MR) is 121 cm³/mol. The second kappa shape index (κ2) is 8.45. The molecule has 0 spiro atoms. The Morgan fingerprint density at radius 3 is 2.74 bits per heavy atom. The van der Waals surface area contributed by atoms with E-state index in [1.165, 1.54) is 0 Å². The summed E-state index contributed by atoms with van der Waals surface area (Å²) in [7, 11) is 0. The number of hydrogen-bond acceptors (Lipinski definition) is 6. The third kappa shape index (κ3) is 4.81. The van der Waals surface area contributed by atoms with Gasteiger partial charge in [-0.3, -0.25) is 0 Å². The summed E-state index contributed by atoms with van der Waals surface area (Å²) in [4.78, 5) is 2.08. The maximum Gasteiger partial charge on any atom is 0.151 e. The van der Waals surface area contributed by atoms with Gasteiger partial charge < -0.3 is 14.7 Å². The van der Waals surface area contributed by atoms with Gasteiger partial charge >= 0.3 is 0 Å². The zero-order valence-electron chi connectivity index (χ0n) is 15.1. The number of benzene rings is 1. The fourth-order valence-corrected chi connectivity index (χ4v) is 3.76. The monoisotopic (exact) mass is 590 g/mol. The van der Waals surface area contributed by atoms with E-state index in [4.69, 9.17) is 10.00 Å². The van der Waals surface area contributed by atoms with E-state index >= 15 is 0 Å². The maximum atomic E-state index is 10.6. The van der Waals surface area contributed by atoms with Crippen molar-refractivity contribution in [2.45, 2.75) is 27.8 Å². The van der Waals surface area contributed by atoms with E-state index < -0.39 is 0 Å². The molecule has 1 aromatic carbocycles. The van der Waals surface area contributed by atoms with Crippen molar-refractivity contribution < 1.29 is 9.84 Å². The molecule has 0 saturated carbocycles. The highest BCUT2D eigenvalue weighted by Gasteiger charge is 2.23. The largest absolute Gasteiger partial charge is 0.507 e. The van der Waals surface area contributed by atoms with Crippen LogP contribution in [0.25, 0.3) is 11.3 Å². The quantitative estimate of drug-likeness (QED) is 0.423. The van der Waals surface area contributed by atoms with Crippen LogP contribution < -0.4 is 4.90 Å². The molecule has 1 fully saturated rings. The lowest BCUT2D eigenvalue weighted by Gasteiger charge is -2.32. The summed E-state index contributed by atoms with van der Waals surface area (Å²) in [6.07, 6.45) is 0.272. The van der Waals surface area contributed by atoms with Crippen molar-refractivity contribution in [3.8, 4) is 23.1 Å². The van der Waals surface area contributed by atoms with Crippen LogP contribution in [0.3, 0.4) is 0 Å². The highest BCUT2D eigenvalue weighted by atomic mass is 127. The molecule has 6 nitrogen and oxygen atoms in total.